The van der Waals surface area contributed by atoms with Crippen LogP contribution in [0.5, 0.6) is 5.75 Å². The number of piperidine rings is 1. The first kappa shape index (κ1) is 10.9. The van der Waals surface area contributed by atoms with Gasteiger partial charge in [0.25, 0.3) is 11.8 Å². The monoisotopic (exact) mass is 473 g/mol. The molecule has 2 aliphatic heterocycles. The minimum absolute atomic E-state index is 0.0547. The number of fused-ring (bicyclic) bond motifs is 1. The van der Waals surface area contributed by atoms with Gasteiger partial charge < -0.3 is 20.3 Å². The number of primary amides is 1. The molecule has 9 heteroatoms. The molecule has 34 heavy (non-hydrogen) atoms. The number of hydrogen-bond acceptors (Lipinski definition) is 5. The highest BCUT2D eigenvalue weighted by atomic mass is 16.5. The lowest BCUT2D eigenvalue weighted by Crippen LogP contribution is -2.39. The predicted octanol–water partition coefficient (Wildman–Crippen LogP) is 2.70. The summed E-state index contributed by atoms with van der Waals surface area (Å²) >= 11 is 0. The van der Waals surface area contributed by atoms with E-state index in [9.17, 15) is 14.4 Å². The Morgan fingerprint density at radius 1 is 1.00 bits per heavy atom. The van der Waals surface area contributed by atoms with Crippen molar-refractivity contribution in [3.8, 4) is 11.4 Å². The Morgan fingerprint density at radius 2 is 1.65 bits per heavy atom. The van der Waals surface area contributed by atoms with Gasteiger partial charge in [0.2, 0.25) is 5.91 Å². The molecular weight excluding hydrogens is 434 g/mol. The van der Waals surface area contributed by atoms with Gasteiger partial charge in [-0.05, 0) is 67.5 Å². The Balaban J connectivity index is 1.70. The third-order valence-corrected chi connectivity index (χ3v) is 5.13. The van der Waals surface area contributed by atoms with Gasteiger partial charge in [-0.25, -0.2) is 4.68 Å². The molecule has 0 radical (unpaired) electrons. The summed E-state index contributed by atoms with van der Waals surface area (Å²) in [6.45, 7) is -1.53. The van der Waals surface area contributed by atoms with Crippen molar-refractivity contribution in [3.63, 3.8) is 0 Å². The van der Waals surface area contributed by atoms with Gasteiger partial charge >= 0.3 is 0 Å². The number of nitrogens with zero attached hydrogens (tertiary/aromatic N) is 4. The van der Waals surface area contributed by atoms with E-state index >= 15 is 0 Å². The number of hydrogen-bond donors (Lipinski definition) is 1. The van der Waals surface area contributed by atoms with Crippen LogP contribution < -0.4 is 20.3 Å². The molecule has 0 spiro atoms. The number of aromatic nitrogens is 2. The molecule has 0 bridgehead atoms. The van der Waals surface area contributed by atoms with Crippen molar-refractivity contribution < 1.29 is 38.3 Å². The van der Waals surface area contributed by atoms with E-state index in [-0.39, 0.29) is 18.5 Å². The normalized spacial score (nSPS) is 26.3. The number of rotatable bonds is 5. The molecule has 3 amide bonds. The highest BCUT2D eigenvalue weighted by molar-refractivity contribution is 6.09. The first-order valence-corrected chi connectivity index (χ1v) is 9.87. The first-order valence-electron chi connectivity index (χ1n) is 16.9. The summed E-state index contributed by atoms with van der Waals surface area (Å²) in [7, 11) is 1.13. The van der Waals surface area contributed by atoms with Crippen molar-refractivity contribution >= 4 is 29.1 Å². The molecule has 0 unspecified atom stereocenters. The number of carbonyl (C=O) groups excluding carboxylic acids is 3. The fourth-order valence-electron chi connectivity index (χ4n) is 3.54. The Hall–Kier alpha value is -4.14. The van der Waals surface area contributed by atoms with Crippen LogP contribution in [0.15, 0.2) is 48.3 Å². The van der Waals surface area contributed by atoms with Crippen LogP contribution in [0, 0.1) is 0 Å². The second-order valence-electron chi connectivity index (χ2n) is 7.06. The number of anilines is 2. The van der Waals surface area contributed by atoms with Crippen LogP contribution in [0.2, 0.25) is 0 Å². The average Bonchev–Trinajstić information content (AvgIpc) is 3.39. The summed E-state index contributed by atoms with van der Waals surface area (Å²) in [6, 6.07) is -6.47. The van der Waals surface area contributed by atoms with E-state index in [2.05, 4.69) is 5.10 Å². The second-order valence-corrected chi connectivity index (χ2v) is 7.06. The zero-order valence-corrected chi connectivity index (χ0v) is 17.6. The van der Waals surface area contributed by atoms with Gasteiger partial charge in [-0.3, -0.25) is 14.4 Å². The average molecular weight is 474 g/mol. The van der Waals surface area contributed by atoms with Crippen LogP contribution in [-0.4, -0.2) is 47.7 Å². The van der Waals surface area contributed by atoms with Gasteiger partial charge in [-0.15, -0.1) is 0 Å². The summed E-state index contributed by atoms with van der Waals surface area (Å²) in [5.41, 5.74) is 2.46. The molecule has 3 heterocycles. The number of amides is 3. The molecular formula is C25H25N5O4. The van der Waals surface area contributed by atoms with Gasteiger partial charge in [-0.1, -0.05) is 0 Å². The van der Waals surface area contributed by atoms with Crippen molar-refractivity contribution in [1.82, 2.24) is 9.78 Å². The maximum Gasteiger partial charge on any atom is 0.277 e. The zero-order valence-electron chi connectivity index (χ0n) is 31.6. The molecule has 0 saturated carbocycles. The van der Waals surface area contributed by atoms with Gasteiger partial charge in [0.05, 0.1) is 23.8 Å². The predicted molar refractivity (Wildman–Crippen MR) is 127 cm³/mol. The molecule has 2 N–H and O–H groups in total. The largest absolute Gasteiger partial charge is 0.497 e. The SMILES string of the molecule is [2H]c1c([2H])c(-n2nc(C(N)=O)c3c2C(=O)N(c2c([2H])c([2H])c(N4CC([2H])([2H])C([2H])([2H])C([2H])([2H])C4=O)c([2H])c2[2H])CC3)c([2H])c([2H])c1OC. The topological polar surface area (TPSA) is 111 Å². The molecule has 3 aromatic rings. The van der Waals surface area contributed by atoms with Gasteiger partial charge in [-0.2, -0.15) is 5.10 Å². The molecule has 2 aromatic carbocycles. The molecule has 0 aliphatic carbocycles. The van der Waals surface area contributed by atoms with Crippen LogP contribution >= 0.6 is 0 Å². The minimum atomic E-state index is -3.47. The number of methoxy groups -OCH3 is 1. The Morgan fingerprint density at radius 3 is 2.29 bits per heavy atom. The van der Waals surface area contributed by atoms with E-state index < -0.39 is 126 Å². The summed E-state index contributed by atoms with van der Waals surface area (Å²) in [4.78, 5) is 40.7. The van der Waals surface area contributed by atoms with Gasteiger partial charge in [0.15, 0.2) is 5.69 Å². The summed E-state index contributed by atoms with van der Waals surface area (Å²) in [5, 5.41) is 4.04. The fraction of sp³-hybridized carbons (Fsp3) is 0.280. The van der Waals surface area contributed by atoms with Gasteiger partial charge in [0, 0.05) is 44.6 Å². The quantitative estimate of drug-likeness (QED) is 0.613. The van der Waals surface area contributed by atoms with Crippen LogP contribution in [0.1, 0.15) is 64.8 Å². The van der Waals surface area contributed by atoms with Crippen molar-refractivity contribution in [3.05, 3.63) is 65.3 Å². The minimum Gasteiger partial charge on any atom is -0.497 e. The molecule has 5 rings (SSSR count). The van der Waals surface area contributed by atoms with Crippen LogP contribution in [0.3, 0.4) is 0 Å². The smallest absolute Gasteiger partial charge is 0.277 e. The lowest BCUT2D eigenvalue weighted by molar-refractivity contribution is -0.119. The van der Waals surface area contributed by atoms with E-state index in [0.717, 1.165) is 12.0 Å². The molecule has 174 valence electrons. The van der Waals surface area contributed by atoms with E-state index in [1.807, 2.05) is 0 Å². The van der Waals surface area contributed by atoms with E-state index in [4.69, 9.17) is 29.7 Å². The number of benzene rings is 2. The molecule has 0 atom stereocenters. The lowest BCUT2D eigenvalue weighted by Gasteiger charge is -2.29. The number of nitrogens with two attached hydrogens (primary N) is 1. The Kier molecular flexibility index (Phi) is 2.77. The van der Waals surface area contributed by atoms with Crippen molar-refractivity contribution in [1.29, 1.82) is 0 Å². The standard InChI is InChI=1S/C25H25N5O4/c1-34-19-11-9-18(10-12-19)30-23-20(22(27-30)24(26)32)13-15-29(25(23)33)17-7-5-16(6-8-17)28-14-3-2-4-21(28)31/h5-12H,2-4,13-15H2,1H3,(H2,26,32)/i2D2,3D2,4D2,5D,6D,7D,8D,9D,10D,11D,12D. The summed E-state index contributed by atoms with van der Waals surface area (Å²) in [5.74, 6) is -4.26. The van der Waals surface area contributed by atoms with Crippen LogP contribution in [-0.2, 0) is 11.2 Å². The molecule has 1 fully saturated rings. The Labute approximate surface area is 216 Å². The number of ether oxygens (including phenoxy) is 1. The molecule has 2 aliphatic rings. The summed E-state index contributed by atoms with van der Waals surface area (Å²) < 4.78 is 122. The lowest BCUT2D eigenvalue weighted by atomic mass is 10.0. The van der Waals surface area contributed by atoms with E-state index in [1.54, 1.807) is 0 Å². The van der Waals surface area contributed by atoms with Gasteiger partial charge in [0.1, 0.15) is 11.4 Å². The Bertz CT molecular complexity index is 1910. The first-order chi connectivity index (χ1) is 22.1. The van der Waals surface area contributed by atoms with Crippen molar-refractivity contribution in [2.75, 3.05) is 30.0 Å². The zero-order chi connectivity index (χ0) is 36.2. The van der Waals surface area contributed by atoms with E-state index in [0.29, 0.717) is 9.58 Å². The molecule has 1 saturated heterocycles. The van der Waals surface area contributed by atoms with Crippen molar-refractivity contribution in [2.24, 2.45) is 5.73 Å². The van der Waals surface area contributed by atoms with Crippen LogP contribution in [0.25, 0.3) is 5.69 Å². The van der Waals surface area contributed by atoms with E-state index in [1.165, 1.54) is 0 Å². The molecule has 1 aromatic heterocycles. The third-order valence-electron chi connectivity index (χ3n) is 5.13. The molecule has 9 nitrogen and oxygen atoms in total. The highest BCUT2D eigenvalue weighted by Crippen LogP contribution is 2.31. The maximum absolute atomic E-state index is 14.1. The highest BCUT2D eigenvalue weighted by Gasteiger charge is 2.34. The third kappa shape index (κ3) is 3.68. The van der Waals surface area contributed by atoms with Crippen molar-refractivity contribution in [2.45, 2.75) is 25.5 Å². The maximum atomic E-state index is 14.1. The fourth-order valence-corrected chi connectivity index (χ4v) is 3.54. The number of carbonyl (C=O) groups is 3. The van der Waals surface area contributed by atoms with Crippen LogP contribution in [0.4, 0.5) is 11.4 Å². The second kappa shape index (κ2) is 8.66. The summed E-state index contributed by atoms with van der Waals surface area (Å²) in [6.07, 6.45) is -10.0.